The number of carbonyl (C=O) groups excluding carboxylic acids is 1. The number of hydrogen-bond donors (Lipinski definition) is 2. The van der Waals surface area contributed by atoms with E-state index < -0.39 is 5.97 Å². The van der Waals surface area contributed by atoms with Gasteiger partial charge >= 0.3 is 5.97 Å². The molecule has 1 aliphatic rings. The fourth-order valence-electron chi connectivity index (χ4n) is 2.10. The average Bonchev–Trinajstić information content (AvgIpc) is 2.46. The lowest BCUT2D eigenvalue weighted by Gasteiger charge is -2.22. The van der Waals surface area contributed by atoms with Crippen molar-refractivity contribution >= 4 is 11.9 Å². The summed E-state index contributed by atoms with van der Waals surface area (Å²) in [6.07, 6.45) is 2.07. The van der Waals surface area contributed by atoms with Crippen LogP contribution in [0.4, 0.5) is 0 Å². The van der Waals surface area contributed by atoms with Gasteiger partial charge in [-0.15, -0.1) is 0 Å². The van der Waals surface area contributed by atoms with Crippen molar-refractivity contribution in [1.29, 1.82) is 0 Å². The van der Waals surface area contributed by atoms with Crippen molar-refractivity contribution in [1.82, 2.24) is 5.32 Å². The number of carboxylic acid groups (broad SMARTS) is 1. The van der Waals surface area contributed by atoms with E-state index in [1.165, 1.54) is 12.1 Å². The first kappa shape index (κ1) is 13.5. The zero-order valence-corrected chi connectivity index (χ0v) is 10.6. The second kappa shape index (κ2) is 6.33. The van der Waals surface area contributed by atoms with Gasteiger partial charge < -0.3 is 15.2 Å². The van der Waals surface area contributed by atoms with E-state index >= 15 is 0 Å². The molecule has 0 aromatic heterocycles. The number of amides is 1. The lowest BCUT2D eigenvalue weighted by molar-refractivity contribution is 0.0536. The van der Waals surface area contributed by atoms with Crippen LogP contribution in [0.2, 0.25) is 0 Å². The number of aromatic carboxylic acids is 1. The van der Waals surface area contributed by atoms with E-state index in [4.69, 9.17) is 9.84 Å². The second-order valence-corrected chi connectivity index (χ2v) is 4.68. The molecule has 0 bridgehead atoms. The molecule has 0 aliphatic carbocycles. The van der Waals surface area contributed by atoms with Gasteiger partial charge in [-0.25, -0.2) is 4.79 Å². The standard InChI is InChI=1S/C14H17NO4/c16-13(15-8-10-3-2-6-19-9-10)11-4-1-5-12(7-11)14(17)18/h1,4-5,7,10H,2-3,6,8-9H2,(H,15,16)(H,17,18). The third kappa shape index (κ3) is 3.79. The average molecular weight is 263 g/mol. The third-order valence-corrected chi connectivity index (χ3v) is 3.18. The topological polar surface area (TPSA) is 75.6 Å². The molecule has 1 aromatic rings. The number of carboxylic acids is 1. The first-order valence-corrected chi connectivity index (χ1v) is 6.36. The Morgan fingerprint density at radius 2 is 2.16 bits per heavy atom. The summed E-state index contributed by atoms with van der Waals surface area (Å²) >= 11 is 0. The normalized spacial score (nSPS) is 18.8. The number of ether oxygens (including phenoxy) is 1. The molecule has 5 heteroatoms. The van der Waals surface area contributed by atoms with Crippen molar-refractivity contribution in [2.24, 2.45) is 5.92 Å². The molecule has 1 aliphatic heterocycles. The Kier molecular flexibility index (Phi) is 4.52. The van der Waals surface area contributed by atoms with Gasteiger partial charge in [0.05, 0.1) is 12.2 Å². The van der Waals surface area contributed by atoms with Crippen LogP contribution < -0.4 is 5.32 Å². The Hall–Kier alpha value is -1.88. The zero-order valence-electron chi connectivity index (χ0n) is 10.6. The van der Waals surface area contributed by atoms with Gasteiger partial charge in [-0.1, -0.05) is 6.07 Å². The van der Waals surface area contributed by atoms with Crippen LogP contribution in [0.1, 0.15) is 33.6 Å². The molecule has 0 spiro atoms. The SMILES string of the molecule is O=C(O)c1cccc(C(=O)NCC2CCCOC2)c1. The van der Waals surface area contributed by atoms with E-state index in [1.807, 2.05) is 0 Å². The van der Waals surface area contributed by atoms with E-state index in [1.54, 1.807) is 12.1 Å². The van der Waals surface area contributed by atoms with Crippen LogP contribution in [0.15, 0.2) is 24.3 Å². The van der Waals surface area contributed by atoms with Crippen LogP contribution in [0.25, 0.3) is 0 Å². The molecule has 2 N–H and O–H groups in total. The lowest BCUT2D eigenvalue weighted by Crippen LogP contribution is -2.33. The summed E-state index contributed by atoms with van der Waals surface area (Å²) in [5, 5.41) is 11.7. The zero-order chi connectivity index (χ0) is 13.7. The van der Waals surface area contributed by atoms with Gasteiger partial charge in [-0.3, -0.25) is 4.79 Å². The van der Waals surface area contributed by atoms with Gasteiger partial charge in [0, 0.05) is 18.7 Å². The Balaban J connectivity index is 1.92. The predicted octanol–water partition coefficient (Wildman–Crippen LogP) is 1.54. The number of benzene rings is 1. The molecular weight excluding hydrogens is 246 g/mol. The maximum Gasteiger partial charge on any atom is 0.335 e. The highest BCUT2D eigenvalue weighted by Gasteiger charge is 2.15. The van der Waals surface area contributed by atoms with Crippen LogP contribution in [0, 0.1) is 5.92 Å². The molecule has 1 unspecified atom stereocenters. The van der Waals surface area contributed by atoms with Gasteiger partial charge in [-0.05, 0) is 37.0 Å². The highest BCUT2D eigenvalue weighted by Crippen LogP contribution is 2.12. The summed E-state index contributed by atoms with van der Waals surface area (Å²) in [5.74, 6) is -0.927. The molecule has 2 rings (SSSR count). The Morgan fingerprint density at radius 1 is 1.37 bits per heavy atom. The van der Waals surface area contributed by atoms with Gasteiger partial charge in [0.25, 0.3) is 5.91 Å². The maximum absolute atomic E-state index is 11.9. The molecule has 1 atom stereocenters. The van der Waals surface area contributed by atoms with Crippen molar-refractivity contribution in [3.8, 4) is 0 Å². The van der Waals surface area contributed by atoms with Crippen molar-refractivity contribution < 1.29 is 19.4 Å². The molecule has 102 valence electrons. The van der Waals surface area contributed by atoms with E-state index in [0.29, 0.717) is 24.6 Å². The van der Waals surface area contributed by atoms with Crippen molar-refractivity contribution in [2.45, 2.75) is 12.8 Å². The van der Waals surface area contributed by atoms with Crippen LogP contribution in [0.5, 0.6) is 0 Å². The minimum absolute atomic E-state index is 0.119. The molecule has 1 heterocycles. The van der Waals surface area contributed by atoms with Gasteiger partial charge in [0.15, 0.2) is 0 Å². The minimum atomic E-state index is -1.03. The summed E-state index contributed by atoms with van der Waals surface area (Å²) in [7, 11) is 0. The summed E-state index contributed by atoms with van der Waals surface area (Å²) in [4.78, 5) is 22.8. The molecule has 1 amide bonds. The van der Waals surface area contributed by atoms with Crippen LogP contribution in [0.3, 0.4) is 0 Å². The quantitative estimate of drug-likeness (QED) is 0.864. The highest BCUT2D eigenvalue weighted by atomic mass is 16.5. The highest BCUT2D eigenvalue weighted by molar-refractivity contribution is 5.97. The second-order valence-electron chi connectivity index (χ2n) is 4.68. The number of carbonyl (C=O) groups is 2. The lowest BCUT2D eigenvalue weighted by atomic mass is 10.0. The molecular formula is C14H17NO4. The molecule has 0 radical (unpaired) electrons. The number of rotatable bonds is 4. The fraction of sp³-hybridized carbons (Fsp3) is 0.429. The maximum atomic E-state index is 11.9. The van der Waals surface area contributed by atoms with Gasteiger partial charge in [0.1, 0.15) is 0 Å². The summed E-state index contributed by atoms with van der Waals surface area (Å²) < 4.78 is 5.34. The molecule has 0 saturated carbocycles. The molecule has 1 aromatic carbocycles. The van der Waals surface area contributed by atoms with E-state index in [2.05, 4.69) is 5.32 Å². The largest absolute Gasteiger partial charge is 0.478 e. The Labute approximate surface area is 111 Å². The molecule has 1 fully saturated rings. The molecule has 1 saturated heterocycles. The van der Waals surface area contributed by atoms with Crippen molar-refractivity contribution in [3.05, 3.63) is 35.4 Å². The predicted molar refractivity (Wildman–Crippen MR) is 69.3 cm³/mol. The van der Waals surface area contributed by atoms with Gasteiger partial charge in [-0.2, -0.15) is 0 Å². The first-order chi connectivity index (χ1) is 9.16. The molecule has 19 heavy (non-hydrogen) atoms. The van der Waals surface area contributed by atoms with E-state index in [-0.39, 0.29) is 11.5 Å². The summed E-state index contributed by atoms with van der Waals surface area (Å²) in [6.45, 7) is 2.04. The molecule has 5 nitrogen and oxygen atoms in total. The summed E-state index contributed by atoms with van der Waals surface area (Å²) in [5.41, 5.74) is 0.491. The Bertz CT molecular complexity index is 466. The van der Waals surface area contributed by atoms with E-state index in [9.17, 15) is 9.59 Å². The Morgan fingerprint density at radius 3 is 2.84 bits per heavy atom. The van der Waals surface area contributed by atoms with Crippen LogP contribution >= 0.6 is 0 Å². The number of nitrogens with one attached hydrogen (secondary N) is 1. The minimum Gasteiger partial charge on any atom is -0.478 e. The smallest absolute Gasteiger partial charge is 0.335 e. The van der Waals surface area contributed by atoms with Crippen LogP contribution in [-0.4, -0.2) is 36.7 Å². The number of hydrogen-bond acceptors (Lipinski definition) is 3. The third-order valence-electron chi connectivity index (χ3n) is 3.18. The monoisotopic (exact) mass is 263 g/mol. The van der Waals surface area contributed by atoms with Gasteiger partial charge in [0.2, 0.25) is 0 Å². The van der Waals surface area contributed by atoms with Crippen LogP contribution in [-0.2, 0) is 4.74 Å². The van der Waals surface area contributed by atoms with Crippen molar-refractivity contribution in [2.75, 3.05) is 19.8 Å². The summed E-state index contributed by atoms with van der Waals surface area (Å²) in [6, 6.07) is 6.03. The van der Waals surface area contributed by atoms with E-state index in [0.717, 1.165) is 19.4 Å². The fourth-order valence-corrected chi connectivity index (χ4v) is 2.10. The first-order valence-electron chi connectivity index (χ1n) is 6.36. The van der Waals surface area contributed by atoms with Crippen molar-refractivity contribution in [3.63, 3.8) is 0 Å².